The molecule has 2 saturated carbocycles. The Balaban J connectivity index is 1.84. The molecule has 0 bridgehead atoms. The fourth-order valence-corrected chi connectivity index (χ4v) is 5.42. The Morgan fingerprint density at radius 1 is 1.43 bits per heavy atom. The number of hydrogen-bond acceptors (Lipinski definition) is 3. The van der Waals surface area contributed by atoms with E-state index in [-0.39, 0.29) is 22.9 Å². The summed E-state index contributed by atoms with van der Waals surface area (Å²) in [7, 11) is 0. The fraction of sp³-hybridized carbons (Fsp3) is 0.750. The van der Waals surface area contributed by atoms with Crippen LogP contribution in [0.25, 0.3) is 0 Å². The maximum atomic E-state index is 11.3. The van der Waals surface area contributed by atoms with Crippen LogP contribution in [-0.4, -0.2) is 23.8 Å². The molecule has 23 heavy (non-hydrogen) atoms. The second-order valence-electron chi connectivity index (χ2n) is 8.40. The van der Waals surface area contributed by atoms with Gasteiger partial charge < -0.3 is 9.84 Å². The number of carbonyl (C=O) groups is 1. The quantitative estimate of drug-likeness (QED) is 0.631. The van der Waals surface area contributed by atoms with Gasteiger partial charge in [0.2, 0.25) is 0 Å². The average molecular weight is 318 g/mol. The lowest BCUT2D eigenvalue weighted by atomic mass is 9.45. The van der Waals surface area contributed by atoms with Crippen molar-refractivity contribution in [2.24, 2.45) is 22.7 Å². The van der Waals surface area contributed by atoms with Crippen molar-refractivity contribution in [3.05, 3.63) is 23.8 Å². The van der Waals surface area contributed by atoms with Crippen molar-refractivity contribution in [3.8, 4) is 0 Å². The second-order valence-corrected chi connectivity index (χ2v) is 8.40. The molecule has 2 aliphatic carbocycles. The Kier molecular flexibility index (Phi) is 4.20. The van der Waals surface area contributed by atoms with E-state index >= 15 is 0 Å². The standard InChI is InChI=1S/C20H30O3/c1-13-6-5-7-16-19(3,9-8-15-11-18(22)23-12-15)14(2)10-17(21)20(13,16)4/h11,14,16-17,21H,1,5-10,12H2,2-4H3/t14-,16-,17+,19+,20+/m1/s1. The van der Waals surface area contributed by atoms with Crippen LogP contribution in [0.3, 0.4) is 0 Å². The van der Waals surface area contributed by atoms with Crippen LogP contribution >= 0.6 is 0 Å². The Labute approximate surface area is 139 Å². The predicted molar refractivity (Wildman–Crippen MR) is 90.8 cm³/mol. The van der Waals surface area contributed by atoms with Gasteiger partial charge in [0.25, 0.3) is 0 Å². The highest BCUT2D eigenvalue weighted by Gasteiger charge is 2.57. The van der Waals surface area contributed by atoms with Gasteiger partial charge in [-0.25, -0.2) is 4.79 Å². The first-order valence-corrected chi connectivity index (χ1v) is 9.01. The lowest BCUT2D eigenvalue weighted by Gasteiger charge is -2.60. The second kappa shape index (κ2) is 5.77. The number of esters is 1. The van der Waals surface area contributed by atoms with Gasteiger partial charge in [-0.05, 0) is 61.3 Å². The molecule has 3 rings (SSSR count). The number of aliphatic hydroxyl groups is 1. The van der Waals surface area contributed by atoms with Gasteiger partial charge in [-0.3, -0.25) is 0 Å². The summed E-state index contributed by atoms with van der Waals surface area (Å²) in [4.78, 5) is 11.3. The molecule has 0 aromatic rings. The molecule has 0 aromatic carbocycles. The van der Waals surface area contributed by atoms with E-state index in [2.05, 4.69) is 27.4 Å². The van der Waals surface area contributed by atoms with Gasteiger partial charge in [0, 0.05) is 11.5 Å². The molecular weight excluding hydrogens is 288 g/mol. The first-order chi connectivity index (χ1) is 10.8. The molecule has 0 radical (unpaired) electrons. The Hall–Kier alpha value is -1.09. The van der Waals surface area contributed by atoms with E-state index in [0.29, 0.717) is 18.4 Å². The number of aliphatic hydroxyl groups excluding tert-OH is 1. The third-order valence-electron chi connectivity index (χ3n) is 7.35. The van der Waals surface area contributed by atoms with Gasteiger partial charge in [-0.15, -0.1) is 0 Å². The molecule has 0 saturated heterocycles. The number of rotatable bonds is 3. The SMILES string of the molecule is C=C1CCC[C@@H]2[C@@](C)(CCC3=CC(=O)OC3)[C@H](C)C[C@H](O)[C@@]12C. The van der Waals surface area contributed by atoms with Crippen LogP contribution in [-0.2, 0) is 9.53 Å². The van der Waals surface area contributed by atoms with Crippen molar-refractivity contribution < 1.29 is 14.6 Å². The summed E-state index contributed by atoms with van der Waals surface area (Å²) in [5.74, 6) is 0.738. The lowest BCUT2D eigenvalue weighted by molar-refractivity contribution is -0.135. The summed E-state index contributed by atoms with van der Waals surface area (Å²) in [5.41, 5.74) is 2.36. The van der Waals surface area contributed by atoms with E-state index in [1.54, 1.807) is 6.08 Å². The molecule has 3 aliphatic rings. The van der Waals surface area contributed by atoms with Crippen LogP contribution in [0, 0.1) is 22.7 Å². The third-order valence-corrected chi connectivity index (χ3v) is 7.35. The number of fused-ring (bicyclic) bond motifs is 1. The monoisotopic (exact) mass is 318 g/mol. The van der Waals surface area contributed by atoms with E-state index < -0.39 is 0 Å². The van der Waals surface area contributed by atoms with Crippen molar-refractivity contribution in [1.29, 1.82) is 0 Å². The summed E-state index contributed by atoms with van der Waals surface area (Å²) in [6.45, 7) is 11.7. The van der Waals surface area contributed by atoms with Gasteiger partial charge in [0.05, 0.1) is 6.10 Å². The highest BCUT2D eigenvalue weighted by atomic mass is 16.5. The average Bonchev–Trinajstić information content (AvgIpc) is 2.92. The molecule has 0 aromatic heterocycles. The number of ether oxygens (including phenoxy) is 1. The Morgan fingerprint density at radius 3 is 2.83 bits per heavy atom. The molecular formula is C20H30O3. The minimum absolute atomic E-state index is 0.157. The number of hydrogen-bond donors (Lipinski definition) is 1. The topological polar surface area (TPSA) is 46.5 Å². The number of carbonyl (C=O) groups excluding carboxylic acids is 1. The first kappa shape index (κ1) is 16.8. The zero-order chi connectivity index (χ0) is 16.8. The first-order valence-electron chi connectivity index (χ1n) is 9.01. The van der Waals surface area contributed by atoms with Crippen LogP contribution in [0.1, 0.15) is 59.3 Å². The third kappa shape index (κ3) is 2.57. The van der Waals surface area contributed by atoms with E-state index in [0.717, 1.165) is 31.3 Å². The van der Waals surface area contributed by atoms with Gasteiger partial charge in [-0.1, -0.05) is 32.9 Å². The Bertz CT molecular complexity index is 549. The summed E-state index contributed by atoms with van der Waals surface area (Å²) in [6.07, 6.45) is 7.59. The summed E-state index contributed by atoms with van der Waals surface area (Å²) in [5, 5.41) is 10.8. The molecule has 1 aliphatic heterocycles. The molecule has 3 heteroatoms. The minimum Gasteiger partial charge on any atom is -0.458 e. The van der Waals surface area contributed by atoms with Crippen LogP contribution in [0.4, 0.5) is 0 Å². The predicted octanol–water partition coefficient (Wildman–Crippen LogP) is 4.02. The maximum Gasteiger partial charge on any atom is 0.331 e. The maximum absolute atomic E-state index is 11.3. The van der Waals surface area contributed by atoms with Crippen molar-refractivity contribution in [1.82, 2.24) is 0 Å². The smallest absolute Gasteiger partial charge is 0.331 e. The number of cyclic esters (lactones) is 1. The molecule has 1 N–H and O–H groups in total. The molecule has 1 heterocycles. The van der Waals surface area contributed by atoms with Crippen LogP contribution in [0.5, 0.6) is 0 Å². The van der Waals surface area contributed by atoms with Crippen LogP contribution < -0.4 is 0 Å². The van der Waals surface area contributed by atoms with Gasteiger partial charge in [0.15, 0.2) is 0 Å². The molecule has 0 unspecified atom stereocenters. The molecule has 2 fully saturated rings. The lowest BCUT2D eigenvalue weighted by Crippen LogP contribution is -2.57. The van der Waals surface area contributed by atoms with E-state index in [9.17, 15) is 9.90 Å². The van der Waals surface area contributed by atoms with E-state index in [1.165, 1.54) is 18.4 Å². The van der Waals surface area contributed by atoms with Crippen molar-refractivity contribution in [2.75, 3.05) is 6.61 Å². The highest BCUT2D eigenvalue weighted by Crippen LogP contribution is 2.62. The van der Waals surface area contributed by atoms with E-state index in [1.807, 2.05) is 0 Å². The van der Waals surface area contributed by atoms with Crippen molar-refractivity contribution in [2.45, 2.75) is 65.4 Å². The zero-order valence-electron chi connectivity index (χ0n) is 14.7. The fourth-order valence-electron chi connectivity index (χ4n) is 5.42. The van der Waals surface area contributed by atoms with Gasteiger partial charge in [-0.2, -0.15) is 0 Å². The summed E-state index contributed by atoms with van der Waals surface area (Å²) >= 11 is 0. The van der Waals surface area contributed by atoms with Gasteiger partial charge >= 0.3 is 5.97 Å². The minimum atomic E-state index is -0.279. The summed E-state index contributed by atoms with van der Waals surface area (Å²) in [6, 6.07) is 0. The molecule has 0 spiro atoms. The van der Waals surface area contributed by atoms with Crippen LogP contribution in [0.2, 0.25) is 0 Å². The molecule has 5 atom stereocenters. The summed E-state index contributed by atoms with van der Waals surface area (Å²) < 4.78 is 5.04. The molecule has 3 nitrogen and oxygen atoms in total. The van der Waals surface area contributed by atoms with Gasteiger partial charge in [0.1, 0.15) is 6.61 Å². The normalized spacial score (nSPS) is 43.8. The molecule has 128 valence electrons. The molecule has 0 amide bonds. The Morgan fingerprint density at radius 2 is 2.17 bits per heavy atom. The largest absolute Gasteiger partial charge is 0.458 e. The van der Waals surface area contributed by atoms with Crippen LogP contribution in [0.15, 0.2) is 23.8 Å². The van der Waals surface area contributed by atoms with Crippen molar-refractivity contribution >= 4 is 5.97 Å². The highest BCUT2D eigenvalue weighted by molar-refractivity contribution is 5.85. The van der Waals surface area contributed by atoms with Crippen molar-refractivity contribution in [3.63, 3.8) is 0 Å². The van der Waals surface area contributed by atoms with E-state index in [4.69, 9.17) is 4.74 Å². The zero-order valence-corrected chi connectivity index (χ0v) is 14.7.